The summed E-state index contributed by atoms with van der Waals surface area (Å²) in [5.74, 6) is 0. The monoisotopic (exact) mass is 243 g/mol. The molecule has 1 aliphatic rings. The third kappa shape index (κ3) is 4.66. The molecule has 1 fully saturated rings. The molecule has 3 nitrogen and oxygen atoms in total. The van der Waals surface area contributed by atoms with Crippen LogP contribution in [0.4, 0.5) is 0 Å². The molecule has 0 unspecified atom stereocenters. The van der Waals surface area contributed by atoms with Crippen molar-refractivity contribution >= 4 is 17.3 Å². The summed E-state index contributed by atoms with van der Waals surface area (Å²) in [7, 11) is 2.19. The lowest BCUT2D eigenvalue weighted by molar-refractivity contribution is 0.142. The lowest BCUT2D eigenvalue weighted by Crippen LogP contribution is -2.46. The molecule has 0 bridgehead atoms. The minimum absolute atomic E-state index is 0.407. The smallest absolute Gasteiger partial charge is 0.166 e. The summed E-state index contributed by atoms with van der Waals surface area (Å²) in [6.07, 6.45) is 3.63. The number of likely N-dealkylation sites (tertiary alicyclic amines) is 1. The zero-order valence-corrected chi connectivity index (χ0v) is 11.6. The number of hydrogen-bond donors (Lipinski definition) is 2. The largest absolute Gasteiger partial charge is 0.363 e. The van der Waals surface area contributed by atoms with Crippen molar-refractivity contribution < 1.29 is 0 Å². The van der Waals surface area contributed by atoms with Gasteiger partial charge in [0.1, 0.15) is 0 Å². The second kappa shape index (κ2) is 6.40. The van der Waals surface area contributed by atoms with Gasteiger partial charge in [-0.2, -0.15) is 0 Å². The number of hydrogen-bond acceptors (Lipinski definition) is 2. The maximum absolute atomic E-state index is 5.23. The molecular formula is C12H25N3S. The average Bonchev–Trinajstić information content (AvgIpc) is 2.28. The Labute approximate surface area is 105 Å². The Kier molecular flexibility index (Phi) is 5.49. The molecular weight excluding hydrogens is 218 g/mol. The number of rotatable bonds is 4. The highest BCUT2D eigenvalue weighted by Gasteiger charge is 2.28. The van der Waals surface area contributed by atoms with Gasteiger partial charge in [-0.15, -0.1) is 0 Å². The molecule has 16 heavy (non-hydrogen) atoms. The summed E-state index contributed by atoms with van der Waals surface area (Å²) in [6, 6.07) is 0. The van der Waals surface area contributed by atoms with Gasteiger partial charge < -0.3 is 15.5 Å². The second-order valence-corrected chi connectivity index (χ2v) is 5.63. The van der Waals surface area contributed by atoms with Crippen LogP contribution < -0.4 is 10.6 Å². The van der Waals surface area contributed by atoms with E-state index in [2.05, 4.69) is 36.4 Å². The maximum atomic E-state index is 5.23. The first-order valence-electron chi connectivity index (χ1n) is 6.26. The maximum Gasteiger partial charge on any atom is 0.166 e. The minimum Gasteiger partial charge on any atom is -0.363 e. The van der Waals surface area contributed by atoms with E-state index >= 15 is 0 Å². The molecule has 0 aliphatic carbocycles. The standard InChI is InChI=1S/C12H25N3S/c1-4-7-13-11(16)14-10-12(2)5-8-15(3)9-6-12/h4-10H2,1-3H3,(H2,13,14,16). The number of nitrogens with one attached hydrogen (secondary N) is 2. The van der Waals surface area contributed by atoms with Crippen molar-refractivity contribution in [1.29, 1.82) is 0 Å². The van der Waals surface area contributed by atoms with E-state index in [9.17, 15) is 0 Å². The molecule has 0 aromatic heterocycles. The van der Waals surface area contributed by atoms with Crippen LogP contribution in [-0.2, 0) is 0 Å². The summed E-state index contributed by atoms with van der Waals surface area (Å²) >= 11 is 5.23. The summed E-state index contributed by atoms with van der Waals surface area (Å²) in [6.45, 7) is 8.87. The quantitative estimate of drug-likeness (QED) is 0.733. The summed E-state index contributed by atoms with van der Waals surface area (Å²) in [4.78, 5) is 2.40. The van der Waals surface area contributed by atoms with Gasteiger partial charge in [-0.25, -0.2) is 0 Å². The van der Waals surface area contributed by atoms with Crippen molar-refractivity contribution in [2.75, 3.05) is 33.2 Å². The fourth-order valence-corrected chi connectivity index (χ4v) is 2.10. The van der Waals surface area contributed by atoms with Gasteiger partial charge in [0.25, 0.3) is 0 Å². The predicted octanol–water partition coefficient (Wildman–Crippen LogP) is 1.59. The van der Waals surface area contributed by atoms with Crippen molar-refractivity contribution in [3.63, 3.8) is 0 Å². The van der Waals surface area contributed by atoms with Crippen molar-refractivity contribution in [2.24, 2.45) is 5.41 Å². The molecule has 0 aromatic carbocycles. The number of piperidine rings is 1. The molecule has 1 aliphatic heterocycles. The summed E-state index contributed by atoms with van der Waals surface area (Å²) in [5.41, 5.74) is 0.407. The van der Waals surface area contributed by atoms with Gasteiger partial charge in [0.15, 0.2) is 5.11 Å². The van der Waals surface area contributed by atoms with Crippen LogP contribution in [0, 0.1) is 5.41 Å². The first-order chi connectivity index (χ1) is 7.56. The first kappa shape index (κ1) is 13.7. The highest BCUT2D eigenvalue weighted by molar-refractivity contribution is 7.80. The fraction of sp³-hybridized carbons (Fsp3) is 0.917. The van der Waals surface area contributed by atoms with Crippen molar-refractivity contribution in [1.82, 2.24) is 15.5 Å². The Bertz CT molecular complexity index is 222. The van der Waals surface area contributed by atoms with Gasteiger partial charge in [0, 0.05) is 13.1 Å². The number of thiocarbonyl (C=S) groups is 1. The SMILES string of the molecule is CCCNC(=S)NCC1(C)CCN(C)CC1. The van der Waals surface area contributed by atoms with Crippen LogP contribution in [0.2, 0.25) is 0 Å². The molecule has 1 rings (SSSR count). The minimum atomic E-state index is 0.407. The van der Waals surface area contributed by atoms with Crippen LogP contribution in [0.1, 0.15) is 33.1 Å². The molecule has 0 radical (unpaired) electrons. The number of nitrogens with zero attached hydrogens (tertiary/aromatic N) is 1. The topological polar surface area (TPSA) is 27.3 Å². The molecule has 0 spiro atoms. The van der Waals surface area contributed by atoms with Crippen LogP contribution in [0.5, 0.6) is 0 Å². The predicted molar refractivity (Wildman–Crippen MR) is 73.7 cm³/mol. The van der Waals surface area contributed by atoms with Gasteiger partial charge in [0.05, 0.1) is 0 Å². The summed E-state index contributed by atoms with van der Waals surface area (Å²) in [5, 5.41) is 7.36. The molecule has 1 heterocycles. The Morgan fingerprint density at radius 3 is 2.50 bits per heavy atom. The lowest BCUT2D eigenvalue weighted by Gasteiger charge is -2.38. The molecule has 4 heteroatoms. The fourth-order valence-electron chi connectivity index (χ4n) is 1.93. The third-order valence-electron chi connectivity index (χ3n) is 3.41. The van der Waals surface area contributed by atoms with E-state index in [1.165, 1.54) is 25.9 Å². The van der Waals surface area contributed by atoms with Crippen LogP contribution in [0.3, 0.4) is 0 Å². The first-order valence-corrected chi connectivity index (χ1v) is 6.67. The molecule has 0 saturated carbocycles. The van der Waals surface area contributed by atoms with Crippen molar-refractivity contribution in [3.8, 4) is 0 Å². The van der Waals surface area contributed by atoms with E-state index < -0.39 is 0 Å². The highest BCUT2D eigenvalue weighted by Crippen LogP contribution is 2.29. The van der Waals surface area contributed by atoms with E-state index in [0.29, 0.717) is 5.41 Å². The molecule has 2 N–H and O–H groups in total. The van der Waals surface area contributed by atoms with Crippen LogP contribution in [-0.4, -0.2) is 43.2 Å². The normalized spacial score (nSPS) is 20.4. The molecule has 1 saturated heterocycles. The molecule has 94 valence electrons. The zero-order chi connectivity index (χ0) is 12.0. The van der Waals surface area contributed by atoms with Crippen molar-refractivity contribution in [3.05, 3.63) is 0 Å². The third-order valence-corrected chi connectivity index (χ3v) is 3.69. The van der Waals surface area contributed by atoms with E-state index in [1.807, 2.05) is 0 Å². The Morgan fingerprint density at radius 2 is 1.94 bits per heavy atom. The lowest BCUT2D eigenvalue weighted by atomic mass is 9.80. The van der Waals surface area contributed by atoms with Gasteiger partial charge in [-0.3, -0.25) is 0 Å². The second-order valence-electron chi connectivity index (χ2n) is 5.22. The van der Waals surface area contributed by atoms with Crippen LogP contribution in [0.15, 0.2) is 0 Å². The van der Waals surface area contributed by atoms with Gasteiger partial charge in [-0.1, -0.05) is 13.8 Å². The Hall–Kier alpha value is -0.350. The highest BCUT2D eigenvalue weighted by atomic mass is 32.1. The Morgan fingerprint density at radius 1 is 1.31 bits per heavy atom. The van der Waals surface area contributed by atoms with Gasteiger partial charge in [-0.05, 0) is 57.0 Å². The molecule has 0 aromatic rings. The molecule has 0 atom stereocenters. The van der Waals surface area contributed by atoms with Crippen molar-refractivity contribution in [2.45, 2.75) is 33.1 Å². The molecule has 0 amide bonds. The van der Waals surface area contributed by atoms with Gasteiger partial charge in [0.2, 0.25) is 0 Å². The van der Waals surface area contributed by atoms with E-state index in [-0.39, 0.29) is 0 Å². The Balaban J connectivity index is 2.23. The van der Waals surface area contributed by atoms with Crippen LogP contribution >= 0.6 is 12.2 Å². The summed E-state index contributed by atoms with van der Waals surface area (Å²) < 4.78 is 0. The van der Waals surface area contributed by atoms with Crippen LogP contribution in [0.25, 0.3) is 0 Å². The zero-order valence-electron chi connectivity index (χ0n) is 10.8. The average molecular weight is 243 g/mol. The van der Waals surface area contributed by atoms with E-state index in [1.54, 1.807) is 0 Å². The van der Waals surface area contributed by atoms with Gasteiger partial charge >= 0.3 is 0 Å². The van der Waals surface area contributed by atoms with E-state index in [4.69, 9.17) is 12.2 Å². The van der Waals surface area contributed by atoms with E-state index in [0.717, 1.165) is 24.6 Å².